The average molecular weight is 309 g/mol. The summed E-state index contributed by atoms with van der Waals surface area (Å²) in [5.74, 6) is 1.15. The summed E-state index contributed by atoms with van der Waals surface area (Å²) in [6.45, 7) is 2.78. The molecule has 116 valence electrons. The van der Waals surface area contributed by atoms with Gasteiger partial charge in [0.15, 0.2) is 0 Å². The number of hydrogen-bond acceptors (Lipinski definition) is 5. The Kier molecular flexibility index (Phi) is 3.59. The van der Waals surface area contributed by atoms with Crippen LogP contribution in [0.25, 0.3) is 0 Å². The second kappa shape index (κ2) is 5.43. The molecule has 0 aromatic carbocycles. The molecule has 1 aliphatic heterocycles. The topological polar surface area (TPSA) is 53.9 Å². The van der Waals surface area contributed by atoms with Gasteiger partial charge in [-0.2, -0.15) is 13.2 Å². The number of nitrogens with zero attached hydrogens (tertiary/aromatic N) is 4. The first-order chi connectivity index (χ1) is 10.4. The number of pyridine rings is 1. The third kappa shape index (κ3) is 3.10. The van der Waals surface area contributed by atoms with Crippen LogP contribution in [0.1, 0.15) is 11.5 Å². The Morgan fingerprint density at radius 1 is 1.23 bits per heavy atom. The van der Waals surface area contributed by atoms with E-state index in [0.29, 0.717) is 13.1 Å². The van der Waals surface area contributed by atoms with Crippen molar-refractivity contribution in [3.8, 4) is 0 Å². The summed E-state index contributed by atoms with van der Waals surface area (Å²) >= 11 is 0. The molecule has 3 rings (SSSR count). The SMILES string of the molecule is Cc1nc(NC2CN(c3ccccn3)C2)cc(C(F)(F)F)n1. The van der Waals surface area contributed by atoms with Crippen molar-refractivity contribution in [2.75, 3.05) is 23.3 Å². The smallest absolute Gasteiger partial charge is 0.364 e. The lowest BCUT2D eigenvalue weighted by Gasteiger charge is -2.40. The van der Waals surface area contributed by atoms with Crippen LogP contribution in [-0.4, -0.2) is 34.1 Å². The maximum absolute atomic E-state index is 12.7. The third-order valence-corrected chi connectivity index (χ3v) is 3.34. The van der Waals surface area contributed by atoms with E-state index < -0.39 is 11.9 Å². The Bertz CT molecular complexity index is 653. The number of hydrogen-bond donors (Lipinski definition) is 1. The molecule has 0 aliphatic carbocycles. The van der Waals surface area contributed by atoms with Gasteiger partial charge >= 0.3 is 6.18 Å². The number of halogens is 3. The Labute approximate surface area is 125 Å². The molecule has 1 aliphatic rings. The van der Waals surface area contributed by atoms with E-state index in [1.54, 1.807) is 6.20 Å². The molecule has 1 saturated heterocycles. The minimum atomic E-state index is -4.47. The lowest BCUT2D eigenvalue weighted by molar-refractivity contribution is -0.141. The van der Waals surface area contributed by atoms with Gasteiger partial charge in [-0.05, 0) is 19.1 Å². The minimum Gasteiger partial charge on any atom is -0.364 e. The van der Waals surface area contributed by atoms with Crippen LogP contribution in [0.3, 0.4) is 0 Å². The van der Waals surface area contributed by atoms with Crippen LogP contribution in [-0.2, 0) is 6.18 Å². The summed E-state index contributed by atoms with van der Waals surface area (Å²) in [7, 11) is 0. The van der Waals surface area contributed by atoms with Gasteiger partial charge in [0, 0.05) is 25.4 Å². The van der Waals surface area contributed by atoms with Crippen molar-refractivity contribution in [1.82, 2.24) is 15.0 Å². The van der Waals surface area contributed by atoms with Gasteiger partial charge in [0.1, 0.15) is 23.2 Å². The van der Waals surface area contributed by atoms with Gasteiger partial charge in [0.05, 0.1) is 6.04 Å². The monoisotopic (exact) mass is 309 g/mol. The Hall–Kier alpha value is -2.38. The fourth-order valence-electron chi connectivity index (χ4n) is 2.29. The molecule has 0 bridgehead atoms. The molecule has 22 heavy (non-hydrogen) atoms. The zero-order valence-corrected chi connectivity index (χ0v) is 11.8. The van der Waals surface area contributed by atoms with Gasteiger partial charge in [-0.15, -0.1) is 0 Å². The van der Waals surface area contributed by atoms with Gasteiger partial charge in [0.25, 0.3) is 0 Å². The molecule has 2 aromatic heterocycles. The minimum absolute atomic E-state index is 0.0392. The molecule has 0 amide bonds. The first-order valence-electron chi connectivity index (χ1n) is 6.77. The molecule has 0 saturated carbocycles. The zero-order chi connectivity index (χ0) is 15.7. The molecule has 0 spiro atoms. The Morgan fingerprint density at radius 3 is 2.64 bits per heavy atom. The first kappa shape index (κ1) is 14.6. The lowest BCUT2D eigenvalue weighted by Crippen LogP contribution is -2.55. The maximum atomic E-state index is 12.7. The van der Waals surface area contributed by atoms with Crippen molar-refractivity contribution >= 4 is 11.6 Å². The van der Waals surface area contributed by atoms with Gasteiger partial charge in [-0.3, -0.25) is 0 Å². The first-order valence-corrected chi connectivity index (χ1v) is 6.77. The molecule has 0 atom stereocenters. The van der Waals surface area contributed by atoms with Gasteiger partial charge in [-0.1, -0.05) is 6.07 Å². The van der Waals surface area contributed by atoms with Crippen molar-refractivity contribution in [1.29, 1.82) is 0 Å². The number of alkyl halides is 3. The van der Waals surface area contributed by atoms with Gasteiger partial charge < -0.3 is 10.2 Å². The van der Waals surface area contributed by atoms with Crippen molar-refractivity contribution in [3.63, 3.8) is 0 Å². The van der Waals surface area contributed by atoms with E-state index in [-0.39, 0.29) is 17.7 Å². The standard InChI is InChI=1S/C14H14F3N5/c1-9-19-11(14(15,16)17)6-12(20-9)21-10-7-22(8-10)13-4-2-3-5-18-13/h2-6,10H,7-8H2,1H3,(H,19,20,21). The highest BCUT2D eigenvalue weighted by atomic mass is 19.4. The molecular weight excluding hydrogens is 295 g/mol. The highest BCUT2D eigenvalue weighted by Crippen LogP contribution is 2.29. The van der Waals surface area contributed by atoms with E-state index in [2.05, 4.69) is 20.3 Å². The molecule has 1 N–H and O–H groups in total. The second-order valence-electron chi connectivity index (χ2n) is 5.12. The van der Waals surface area contributed by atoms with Crippen LogP contribution in [0, 0.1) is 6.92 Å². The number of nitrogens with one attached hydrogen (secondary N) is 1. The van der Waals surface area contributed by atoms with E-state index in [9.17, 15) is 13.2 Å². The van der Waals surface area contributed by atoms with E-state index in [0.717, 1.165) is 11.9 Å². The molecule has 8 heteroatoms. The van der Waals surface area contributed by atoms with E-state index in [4.69, 9.17) is 0 Å². The highest BCUT2D eigenvalue weighted by molar-refractivity contribution is 5.46. The molecule has 5 nitrogen and oxygen atoms in total. The summed E-state index contributed by atoms with van der Waals surface area (Å²) < 4.78 is 38.2. The second-order valence-corrected chi connectivity index (χ2v) is 5.12. The van der Waals surface area contributed by atoms with Gasteiger partial charge in [-0.25, -0.2) is 15.0 Å². The van der Waals surface area contributed by atoms with Crippen LogP contribution in [0.15, 0.2) is 30.5 Å². The van der Waals surface area contributed by atoms with E-state index in [1.807, 2.05) is 23.1 Å². The molecule has 0 unspecified atom stereocenters. The fourth-order valence-corrected chi connectivity index (χ4v) is 2.29. The maximum Gasteiger partial charge on any atom is 0.433 e. The zero-order valence-electron chi connectivity index (χ0n) is 11.8. The lowest BCUT2D eigenvalue weighted by atomic mass is 10.1. The number of aryl methyl sites for hydroxylation is 1. The quantitative estimate of drug-likeness (QED) is 0.944. The molecule has 2 aromatic rings. The normalized spacial score (nSPS) is 15.5. The van der Waals surface area contributed by atoms with Crippen LogP contribution in [0.5, 0.6) is 0 Å². The predicted molar refractivity (Wildman–Crippen MR) is 75.6 cm³/mol. The molecule has 3 heterocycles. The van der Waals surface area contributed by atoms with Gasteiger partial charge in [0.2, 0.25) is 0 Å². The number of aromatic nitrogens is 3. The number of anilines is 2. The summed E-state index contributed by atoms with van der Waals surface area (Å²) in [6.07, 6.45) is -2.76. The summed E-state index contributed by atoms with van der Waals surface area (Å²) in [4.78, 5) is 13.7. The molecular formula is C14H14F3N5. The van der Waals surface area contributed by atoms with Crippen LogP contribution < -0.4 is 10.2 Å². The highest BCUT2D eigenvalue weighted by Gasteiger charge is 2.34. The van der Waals surface area contributed by atoms with Crippen molar-refractivity contribution in [2.24, 2.45) is 0 Å². The predicted octanol–water partition coefficient (Wildman–Crippen LogP) is 2.50. The molecule has 1 fully saturated rings. The fraction of sp³-hybridized carbons (Fsp3) is 0.357. The van der Waals surface area contributed by atoms with Crippen LogP contribution >= 0.6 is 0 Å². The average Bonchev–Trinajstić information content (AvgIpc) is 2.42. The van der Waals surface area contributed by atoms with E-state index >= 15 is 0 Å². The summed E-state index contributed by atoms with van der Waals surface area (Å²) in [5, 5.41) is 3.01. The van der Waals surface area contributed by atoms with Crippen LogP contribution in [0.2, 0.25) is 0 Å². The third-order valence-electron chi connectivity index (χ3n) is 3.34. The molecule has 0 radical (unpaired) electrons. The van der Waals surface area contributed by atoms with Crippen LogP contribution in [0.4, 0.5) is 24.8 Å². The summed E-state index contributed by atoms with van der Waals surface area (Å²) in [5.41, 5.74) is -0.927. The van der Waals surface area contributed by atoms with Crippen molar-refractivity contribution in [3.05, 3.63) is 42.0 Å². The van der Waals surface area contributed by atoms with Crippen molar-refractivity contribution in [2.45, 2.75) is 19.1 Å². The Morgan fingerprint density at radius 2 is 2.00 bits per heavy atom. The Balaban J connectivity index is 1.65. The van der Waals surface area contributed by atoms with Crippen molar-refractivity contribution < 1.29 is 13.2 Å². The summed E-state index contributed by atoms with van der Waals surface area (Å²) in [6, 6.07) is 6.61. The van der Waals surface area contributed by atoms with E-state index in [1.165, 1.54) is 6.92 Å². The number of rotatable bonds is 3. The largest absolute Gasteiger partial charge is 0.433 e.